The second-order valence-corrected chi connectivity index (χ2v) is 8.25. The summed E-state index contributed by atoms with van der Waals surface area (Å²) in [7, 11) is 2.20. The average Bonchev–Trinajstić information content (AvgIpc) is 3.30. The van der Waals surface area contributed by atoms with Gasteiger partial charge in [0.1, 0.15) is 0 Å². The van der Waals surface area contributed by atoms with Crippen LogP contribution in [0.15, 0.2) is 42.7 Å². The summed E-state index contributed by atoms with van der Waals surface area (Å²) < 4.78 is 31.7. The van der Waals surface area contributed by atoms with Gasteiger partial charge in [0, 0.05) is 37.0 Å². The molecule has 0 bridgehead atoms. The molecule has 172 valence electrons. The maximum absolute atomic E-state index is 12.8. The number of nitrogens with zero attached hydrogens (tertiary/aromatic N) is 4. The van der Waals surface area contributed by atoms with Crippen LogP contribution in [-0.2, 0) is 4.79 Å². The van der Waals surface area contributed by atoms with E-state index in [1.54, 1.807) is 18.5 Å². The average molecular weight is 450 g/mol. The molecule has 1 aromatic carbocycles. The Morgan fingerprint density at radius 2 is 1.75 bits per heavy atom. The molecule has 0 unspecified atom stereocenters. The Morgan fingerprint density at radius 1 is 1.12 bits per heavy atom. The molecule has 7 nitrogen and oxygen atoms in total. The van der Waals surface area contributed by atoms with Gasteiger partial charge in [0.25, 0.3) is 5.91 Å². The lowest BCUT2D eigenvalue weighted by molar-refractivity contribution is -0.192. The van der Waals surface area contributed by atoms with Crippen LogP contribution >= 0.6 is 0 Å². The van der Waals surface area contributed by atoms with Gasteiger partial charge in [-0.1, -0.05) is 24.3 Å². The summed E-state index contributed by atoms with van der Waals surface area (Å²) in [6, 6.07) is 11.3. The van der Waals surface area contributed by atoms with E-state index in [1.807, 2.05) is 4.90 Å². The highest BCUT2D eigenvalue weighted by Gasteiger charge is 2.48. The number of likely N-dealkylation sites (tertiary alicyclic amines) is 1. The lowest BCUT2D eigenvalue weighted by Gasteiger charge is -2.33. The van der Waals surface area contributed by atoms with Crippen molar-refractivity contribution in [1.82, 2.24) is 20.0 Å². The molecule has 0 spiro atoms. The molecule has 0 radical (unpaired) electrons. The Hall–Kier alpha value is -3.01. The van der Waals surface area contributed by atoms with Gasteiger partial charge in [-0.15, -0.1) is 0 Å². The number of hydrogen-bond acceptors (Lipinski definition) is 5. The molecule has 3 atom stereocenters. The highest BCUT2D eigenvalue weighted by atomic mass is 19.4. The maximum Gasteiger partial charge on any atom is 0.490 e. The van der Waals surface area contributed by atoms with Crippen LogP contribution in [0.5, 0.6) is 0 Å². The molecule has 4 rings (SSSR count). The van der Waals surface area contributed by atoms with E-state index in [-0.39, 0.29) is 5.91 Å². The van der Waals surface area contributed by atoms with Crippen molar-refractivity contribution in [2.75, 3.05) is 20.1 Å². The number of benzene rings is 1. The standard InChI is InChI=1S/C20H24N4O.C2HF3O2/c1-13(2)23(3)19-16-7-5-4-6-15(16)17-11-24(12-18(17)19)20(25)14-8-9-21-22-10-14;3-2(4,5)1(6)7/h4-10,13,17-19H,11-12H2,1-3H3;(H,6,7)/t17-,18-,19-;/m0./s1. The Balaban J connectivity index is 0.000000360. The lowest BCUT2D eigenvalue weighted by Crippen LogP contribution is -2.36. The van der Waals surface area contributed by atoms with E-state index in [0.29, 0.717) is 29.5 Å². The number of carbonyl (C=O) groups excluding carboxylic acids is 1. The number of rotatable bonds is 3. The molecule has 10 heteroatoms. The van der Waals surface area contributed by atoms with E-state index >= 15 is 0 Å². The molecule has 1 fully saturated rings. The molecule has 2 heterocycles. The Morgan fingerprint density at radius 3 is 2.28 bits per heavy atom. The number of carbonyl (C=O) groups is 2. The molecular formula is C22H25F3N4O3. The molecule has 1 aliphatic carbocycles. The third-order valence-electron chi connectivity index (χ3n) is 6.10. The zero-order chi connectivity index (χ0) is 23.6. The third-order valence-corrected chi connectivity index (χ3v) is 6.10. The van der Waals surface area contributed by atoms with Crippen LogP contribution in [0.1, 0.15) is 47.3 Å². The first-order valence-electron chi connectivity index (χ1n) is 10.2. The summed E-state index contributed by atoms with van der Waals surface area (Å²) >= 11 is 0. The van der Waals surface area contributed by atoms with Gasteiger partial charge in [0.05, 0.1) is 18.0 Å². The van der Waals surface area contributed by atoms with Crippen molar-refractivity contribution in [3.05, 3.63) is 59.4 Å². The van der Waals surface area contributed by atoms with Gasteiger partial charge >= 0.3 is 12.1 Å². The van der Waals surface area contributed by atoms with Crippen LogP contribution in [0.4, 0.5) is 13.2 Å². The SMILES string of the molecule is CC(C)N(C)[C@H]1c2ccccc2[C@@H]2CN(C(=O)c3ccnnc3)C[C@@H]21.O=C(O)C(F)(F)F. The maximum atomic E-state index is 12.8. The van der Waals surface area contributed by atoms with Gasteiger partial charge in [-0.2, -0.15) is 23.4 Å². The van der Waals surface area contributed by atoms with E-state index in [9.17, 15) is 18.0 Å². The quantitative estimate of drug-likeness (QED) is 0.772. The molecule has 2 aliphatic rings. The molecule has 1 aromatic heterocycles. The van der Waals surface area contributed by atoms with Crippen molar-refractivity contribution in [1.29, 1.82) is 0 Å². The first-order chi connectivity index (χ1) is 15.0. The van der Waals surface area contributed by atoms with Crippen LogP contribution in [0.3, 0.4) is 0 Å². The van der Waals surface area contributed by atoms with Gasteiger partial charge in [0.2, 0.25) is 0 Å². The number of aromatic nitrogens is 2. The van der Waals surface area contributed by atoms with Gasteiger partial charge < -0.3 is 10.0 Å². The van der Waals surface area contributed by atoms with Crippen molar-refractivity contribution >= 4 is 11.9 Å². The van der Waals surface area contributed by atoms with E-state index in [1.165, 1.54) is 11.1 Å². The number of alkyl halides is 3. The van der Waals surface area contributed by atoms with Gasteiger partial charge in [-0.3, -0.25) is 9.69 Å². The molecule has 32 heavy (non-hydrogen) atoms. The van der Waals surface area contributed by atoms with Crippen molar-refractivity contribution in [2.24, 2.45) is 5.92 Å². The summed E-state index contributed by atoms with van der Waals surface area (Å²) in [5.74, 6) is -1.83. The molecule has 1 amide bonds. The second kappa shape index (κ2) is 9.23. The lowest BCUT2D eigenvalue weighted by atomic mass is 9.93. The topological polar surface area (TPSA) is 86.6 Å². The molecule has 1 saturated heterocycles. The van der Waals surface area contributed by atoms with Crippen LogP contribution in [0.25, 0.3) is 0 Å². The number of halogens is 3. The number of fused-ring (bicyclic) bond motifs is 3. The fourth-order valence-electron chi connectivity index (χ4n) is 4.43. The summed E-state index contributed by atoms with van der Waals surface area (Å²) in [6.45, 7) is 6.04. The van der Waals surface area contributed by atoms with Gasteiger partial charge in [-0.05, 0) is 38.1 Å². The molecule has 1 aliphatic heterocycles. The van der Waals surface area contributed by atoms with Crippen molar-refractivity contribution in [3.8, 4) is 0 Å². The van der Waals surface area contributed by atoms with Crippen LogP contribution in [0.2, 0.25) is 0 Å². The molecule has 2 aromatic rings. The van der Waals surface area contributed by atoms with Crippen molar-refractivity contribution in [3.63, 3.8) is 0 Å². The van der Waals surface area contributed by atoms with Crippen LogP contribution in [-0.4, -0.2) is 69.3 Å². The zero-order valence-corrected chi connectivity index (χ0v) is 18.0. The van der Waals surface area contributed by atoms with Crippen LogP contribution in [0, 0.1) is 5.92 Å². The minimum Gasteiger partial charge on any atom is -0.475 e. The monoisotopic (exact) mass is 450 g/mol. The number of amides is 1. The fraction of sp³-hybridized carbons (Fsp3) is 0.455. The molecule has 1 N–H and O–H groups in total. The van der Waals surface area contributed by atoms with E-state index in [4.69, 9.17) is 9.90 Å². The fourth-order valence-corrected chi connectivity index (χ4v) is 4.43. The number of hydrogen-bond donors (Lipinski definition) is 1. The first-order valence-corrected chi connectivity index (χ1v) is 10.2. The molecular weight excluding hydrogens is 425 g/mol. The van der Waals surface area contributed by atoms with E-state index < -0.39 is 12.1 Å². The minimum atomic E-state index is -5.08. The zero-order valence-electron chi connectivity index (χ0n) is 18.0. The van der Waals surface area contributed by atoms with Gasteiger partial charge in [-0.25, -0.2) is 4.79 Å². The normalized spacial score (nSPS) is 21.8. The predicted octanol–water partition coefficient (Wildman–Crippen LogP) is 3.36. The summed E-state index contributed by atoms with van der Waals surface area (Å²) in [5.41, 5.74) is 3.47. The predicted molar refractivity (Wildman–Crippen MR) is 110 cm³/mol. The largest absolute Gasteiger partial charge is 0.490 e. The van der Waals surface area contributed by atoms with Gasteiger partial charge in [0.15, 0.2) is 0 Å². The first kappa shape index (κ1) is 23.6. The highest BCUT2D eigenvalue weighted by Crippen LogP contribution is 2.51. The summed E-state index contributed by atoms with van der Waals surface area (Å²) in [5, 5.41) is 14.7. The number of carboxylic acid groups (broad SMARTS) is 1. The third kappa shape index (κ3) is 4.74. The van der Waals surface area contributed by atoms with E-state index in [0.717, 1.165) is 13.1 Å². The van der Waals surface area contributed by atoms with Crippen molar-refractivity contribution in [2.45, 2.75) is 38.0 Å². The summed E-state index contributed by atoms with van der Waals surface area (Å²) in [4.78, 5) is 26.2. The van der Waals surface area contributed by atoms with E-state index in [2.05, 4.69) is 60.3 Å². The Bertz CT molecular complexity index is 968. The Labute approximate surface area is 183 Å². The second-order valence-electron chi connectivity index (χ2n) is 8.25. The Kier molecular flexibility index (Phi) is 6.82. The molecule has 0 saturated carbocycles. The minimum absolute atomic E-state index is 0.0627. The summed E-state index contributed by atoms with van der Waals surface area (Å²) in [6.07, 6.45) is -1.95. The number of aliphatic carboxylic acids is 1. The highest BCUT2D eigenvalue weighted by molar-refractivity contribution is 5.94. The van der Waals surface area contributed by atoms with Crippen LogP contribution < -0.4 is 0 Å². The number of carboxylic acids is 1. The smallest absolute Gasteiger partial charge is 0.475 e. The van der Waals surface area contributed by atoms with Crippen molar-refractivity contribution < 1.29 is 27.9 Å².